The maximum absolute atomic E-state index is 14.5. The highest BCUT2D eigenvalue weighted by Crippen LogP contribution is 2.31. The Bertz CT molecular complexity index is 1120. The first kappa shape index (κ1) is 18.2. The maximum atomic E-state index is 14.5. The van der Waals surface area contributed by atoms with Crippen LogP contribution in [0.2, 0.25) is 0 Å². The number of hydrogen-bond donors (Lipinski definition) is 0. The Hall–Kier alpha value is -3.13. The van der Waals surface area contributed by atoms with Crippen LogP contribution in [0.4, 0.5) is 13.2 Å². The minimum Gasteiger partial charge on any atom is -0.267 e. The highest BCUT2D eigenvalue weighted by molar-refractivity contribution is 7.98. The summed E-state index contributed by atoms with van der Waals surface area (Å²) in [6.45, 7) is 0. The summed E-state index contributed by atoms with van der Waals surface area (Å²) in [4.78, 5) is 4.07. The second-order valence-corrected chi connectivity index (χ2v) is 6.80. The lowest BCUT2D eigenvalue weighted by atomic mass is 10.2. The number of aromatic nitrogens is 4. The first-order valence-corrected chi connectivity index (χ1v) is 9.29. The third-order valence-electron chi connectivity index (χ3n) is 4.01. The van der Waals surface area contributed by atoms with Gasteiger partial charge in [0.25, 0.3) is 0 Å². The molecule has 0 spiro atoms. The van der Waals surface area contributed by atoms with Crippen molar-refractivity contribution in [2.24, 2.45) is 0 Å². The molecule has 0 aliphatic carbocycles. The van der Waals surface area contributed by atoms with Crippen LogP contribution in [0.1, 0.15) is 5.56 Å². The van der Waals surface area contributed by atoms with Gasteiger partial charge < -0.3 is 0 Å². The molecule has 4 rings (SSSR count). The van der Waals surface area contributed by atoms with E-state index in [-0.39, 0.29) is 17.0 Å². The minimum absolute atomic E-state index is 0.114. The van der Waals surface area contributed by atoms with Gasteiger partial charge in [0.1, 0.15) is 17.5 Å². The molecule has 0 amide bonds. The van der Waals surface area contributed by atoms with E-state index in [1.54, 1.807) is 47.3 Å². The third kappa shape index (κ3) is 3.63. The fraction of sp³-hybridized carbons (Fsp3) is 0.0500. The van der Waals surface area contributed by atoms with Crippen molar-refractivity contribution in [3.63, 3.8) is 0 Å². The molecule has 0 aliphatic rings. The molecule has 0 bridgehead atoms. The molecule has 4 aromatic rings. The average molecular weight is 398 g/mol. The number of rotatable bonds is 5. The number of pyridine rings is 1. The Kier molecular flexibility index (Phi) is 5.12. The van der Waals surface area contributed by atoms with Gasteiger partial charge in [-0.1, -0.05) is 23.9 Å². The zero-order valence-corrected chi connectivity index (χ0v) is 15.2. The molecule has 0 atom stereocenters. The topological polar surface area (TPSA) is 43.6 Å². The van der Waals surface area contributed by atoms with Crippen LogP contribution in [0.25, 0.3) is 17.1 Å². The summed E-state index contributed by atoms with van der Waals surface area (Å²) in [6, 6.07) is 13.0. The molecule has 0 unspecified atom stereocenters. The zero-order valence-electron chi connectivity index (χ0n) is 14.4. The van der Waals surface area contributed by atoms with Crippen molar-refractivity contribution in [3.8, 4) is 17.1 Å². The average Bonchev–Trinajstić information content (AvgIpc) is 3.13. The van der Waals surface area contributed by atoms with Gasteiger partial charge in [-0.15, -0.1) is 10.2 Å². The van der Waals surface area contributed by atoms with Crippen LogP contribution >= 0.6 is 11.8 Å². The monoisotopic (exact) mass is 398 g/mol. The molecule has 2 heterocycles. The highest BCUT2D eigenvalue weighted by atomic mass is 32.2. The number of hydrogen-bond acceptors (Lipinski definition) is 4. The second kappa shape index (κ2) is 7.85. The number of para-hydroxylation sites is 1. The zero-order chi connectivity index (χ0) is 19.5. The van der Waals surface area contributed by atoms with Crippen LogP contribution in [0, 0.1) is 17.5 Å². The molecule has 0 saturated carbocycles. The summed E-state index contributed by atoms with van der Waals surface area (Å²) in [7, 11) is 0. The predicted octanol–water partition coefficient (Wildman–Crippen LogP) is 5.04. The molecule has 140 valence electrons. The number of benzene rings is 2. The minimum atomic E-state index is -0.524. The van der Waals surface area contributed by atoms with E-state index in [4.69, 9.17) is 0 Å². The van der Waals surface area contributed by atoms with Gasteiger partial charge in [0.2, 0.25) is 0 Å². The van der Waals surface area contributed by atoms with Gasteiger partial charge in [-0.3, -0.25) is 9.55 Å². The Morgan fingerprint density at radius 2 is 1.75 bits per heavy atom. The third-order valence-corrected chi connectivity index (χ3v) is 4.99. The smallest absolute Gasteiger partial charge is 0.196 e. The van der Waals surface area contributed by atoms with Gasteiger partial charge in [0, 0.05) is 29.3 Å². The van der Waals surface area contributed by atoms with Crippen LogP contribution in [0.5, 0.6) is 0 Å². The summed E-state index contributed by atoms with van der Waals surface area (Å²) in [5.41, 5.74) is 1.10. The van der Waals surface area contributed by atoms with E-state index in [2.05, 4.69) is 15.2 Å². The van der Waals surface area contributed by atoms with E-state index in [1.807, 2.05) is 0 Å². The fourth-order valence-corrected chi connectivity index (χ4v) is 3.61. The lowest BCUT2D eigenvalue weighted by Crippen LogP contribution is -2.02. The fourth-order valence-electron chi connectivity index (χ4n) is 2.69. The van der Waals surface area contributed by atoms with E-state index in [9.17, 15) is 13.2 Å². The number of nitrogens with zero attached hydrogens (tertiary/aromatic N) is 4. The molecule has 28 heavy (non-hydrogen) atoms. The van der Waals surface area contributed by atoms with Crippen LogP contribution in [0.3, 0.4) is 0 Å². The van der Waals surface area contributed by atoms with Crippen molar-refractivity contribution in [1.82, 2.24) is 19.7 Å². The normalized spacial score (nSPS) is 11.0. The van der Waals surface area contributed by atoms with E-state index < -0.39 is 17.5 Å². The first-order chi connectivity index (χ1) is 13.6. The van der Waals surface area contributed by atoms with E-state index in [0.29, 0.717) is 16.5 Å². The van der Waals surface area contributed by atoms with Crippen LogP contribution < -0.4 is 0 Å². The Balaban J connectivity index is 1.76. The molecule has 8 heteroatoms. The SMILES string of the molecule is Fc1ccc(F)c(CSc2nnc(-c3cccnc3)n2-c2ccccc2F)c1. The summed E-state index contributed by atoms with van der Waals surface area (Å²) in [5.74, 6) is -0.975. The van der Waals surface area contributed by atoms with E-state index in [0.717, 1.165) is 30.0 Å². The molecule has 0 N–H and O–H groups in total. The van der Waals surface area contributed by atoms with Crippen molar-refractivity contribution in [2.75, 3.05) is 0 Å². The molecule has 4 nitrogen and oxygen atoms in total. The molecule has 2 aromatic carbocycles. The maximum Gasteiger partial charge on any atom is 0.196 e. The molecule has 0 radical (unpaired) electrons. The second-order valence-electron chi connectivity index (χ2n) is 5.86. The molecular weight excluding hydrogens is 385 g/mol. The molecule has 0 saturated heterocycles. The van der Waals surface area contributed by atoms with Gasteiger partial charge in [-0.25, -0.2) is 13.2 Å². The lowest BCUT2D eigenvalue weighted by molar-refractivity contribution is 0.591. The van der Waals surface area contributed by atoms with Crippen LogP contribution in [0.15, 0.2) is 72.1 Å². The Labute approximate surface area is 163 Å². The van der Waals surface area contributed by atoms with Gasteiger partial charge in [-0.2, -0.15) is 0 Å². The van der Waals surface area contributed by atoms with E-state index in [1.165, 1.54) is 6.07 Å². The molecular formula is C20H13F3N4S. The quantitative estimate of drug-likeness (QED) is 0.442. The number of thioether (sulfide) groups is 1. The summed E-state index contributed by atoms with van der Waals surface area (Å²) >= 11 is 1.14. The first-order valence-electron chi connectivity index (χ1n) is 8.31. The van der Waals surface area contributed by atoms with Crippen molar-refractivity contribution in [3.05, 3.63) is 90.0 Å². The van der Waals surface area contributed by atoms with Crippen molar-refractivity contribution in [1.29, 1.82) is 0 Å². The Morgan fingerprint density at radius 3 is 2.54 bits per heavy atom. The van der Waals surface area contributed by atoms with Crippen LogP contribution in [-0.2, 0) is 5.75 Å². The molecule has 0 fully saturated rings. The van der Waals surface area contributed by atoms with Crippen molar-refractivity contribution >= 4 is 11.8 Å². The molecule has 2 aromatic heterocycles. The Morgan fingerprint density at radius 1 is 0.893 bits per heavy atom. The van der Waals surface area contributed by atoms with Gasteiger partial charge in [0.05, 0.1) is 5.69 Å². The van der Waals surface area contributed by atoms with E-state index >= 15 is 0 Å². The number of halogens is 3. The van der Waals surface area contributed by atoms with Gasteiger partial charge in [-0.05, 0) is 42.5 Å². The summed E-state index contributed by atoms with van der Waals surface area (Å²) in [6.07, 6.45) is 3.22. The van der Waals surface area contributed by atoms with Crippen molar-refractivity contribution in [2.45, 2.75) is 10.9 Å². The van der Waals surface area contributed by atoms with Gasteiger partial charge in [0.15, 0.2) is 11.0 Å². The highest BCUT2D eigenvalue weighted by Gasteiger charge is 2.19. The predicted molar refractivity (Wildman–Crippen MR) is 100 cm³/mol. The van der Waals surface area contributed by atoms with Crippen molar-refractivity contribution < 1.29 is 13.2 Å². The lowest BCUT2D eigenvalue weighted by Gasteiger charge is -2.11. The summed E-state index contributed by atoms with van der Waals surface area (Å²) in [5, 5.41) is 8.67. The largest absolute Gasteiger partial charge is 0.267 e. The molecule has 0 aliphatic heterocycles. The van der Waals surface area contributed by atoms with Crippen LogP contribution in [-0.4, -0.2) is 19.7 Å². The standard InChI is InChI=1S/C20H13F3N4S/c21-15-7-8-16(22)14(10-15)12-28-20-26-25-19(13-4-3-9-24-11-13)27(20)18-6-2-1-5-17(18)23/h1-11H,12H2. The van der Waals surface area contributed by atoms with Gasteiger partial charge >= 0.3 is 0 Å². The summed E-state index contributed by atoms with van der Waals surface area (Å²) < 4.78 is 43.4.